The number of aromatic nitrogens is 1. The van der Waals surface area contributed by atoms with Gasteiger partial charge in [-0.15, -0.1) is 0 Å². The van der Waals surface area contributed by atoms with Crippen LogP contribution in [0.1, 0.15) is 42.8 Å². The Hall–Kier alpha value is -1.36. The summed E-state index contributed by atoms with van der Waals surface area (Å²) in [6.07, 6.45) is 2.14. The molecule has 1 aliphatic heterocycles. The van der Waals surface area contributed by atoms with Gasteiger partial charge in [0.15, 0.2) is 0 Å². The number of carbonyl (C=O) groups excluding carboxylic acids is 1. The molecular weight excluding hydrogens is 232 g/mol. The fourth-order valence-corrected chi connectivity index (χ4v) is 2.68. The molecule has 1 saturated heterocycles. The molecule has 0 radical (unpaired) electrons. The summed E-state index contributed by atoms with van der Waals surface area (Å²) in [4.78, 5) is 13.7. The van der Waals surface area contributed by atoms with Crippen LogP contribution >= 0.6 is 0 Å². The van der Waals surface area contributed by atoms with Crippen molar-refractivity contribution < 1.29 is 14.1 Å². The Labute approximate surface area is 107 Å². The van der Waals surface area contributed by atoms with Gasteiger partial charge in [-0.2, -0.15) is 0 Å². The molecule has 0 amide bonds. The zero-order chi connectivity index (χ0) is 13.1. The molecule has 0 unspecified atom stereocenters. The van der Waals surface area contributed by atoms with Gasteiger partial charge in [0.05, 0.1) is 18.8 Å². The van der Waals surface area contributed by atoms with Gasteiger partial charge in [0, 0.05) is 11.6 Å². The minimum atomic E-state index is -0.156. The predicted octanol–water partition coefficient (Wildman–Crippen LogP) is 1.99. The molecule has 0 saturated carbocycles. The van der Waals surface area contributed by atoms with Crippen molar-refractivity contribution in [2.24, 2.45) is 0 Å². The van der Waals surface area contributed by atoms with Crippen LogP contribution in [0, 0.1) is 13.8 Å². The zero-order valence-corrected chi connectivity index (χ0v) is 11.2. The van der Waals surface area contributed by atoms with Crippen molar-refractivity contribution in [3.8, 4) is 0 Å². The highest BCUT2D eigenvalue weighted by Crippen LogP contribution is 2.35. The second kappa shape index (κ2) is 5.52. The summed E-state index contributed by atoms with van der Waals surface area (Å²) in [5.74, 6) is 0.699. The number of aryl methyl sites for hydroxylation is 2. The number of ether oxygens (including phenoxy) is 1. The number of hydrogen-bond acceptors (Lipinski definition) is 5. The summed E-state index contributed by atoms with van der Waals surface area (Å²) in [6.45, 7) is 7.41. The molecule has 2 rings (SSSR count). The molecule has 5 nitrogen and oxygen atoms in total. The van der Waals surface area contributed by atoms with Gasteiger partial charge >= 0.3 is 5.97 Å². The standard InChI is InChI=1S/C13H20N2O3/c1-4-17-12(16)8-15-7-5-6-11(15)13-9(2)14-18-10(13)3/h11H,4-8H2,1-3H3/t11-/m0/s1. The first-order valence-corrected chi connectivity index (χ1v) is 6.46. The first-order valence-electron chi connectivity index (χ1n) is 6.46. The van der Waals surface area contributed by atoms with Crippen molar-refractivity contribution in [2.75, 3.05) is 19.7 Å². The molecule has 1 atom stereocenters. The van der Waals surface area contributed by atoms with Crippen LogP contribution in [0.5, 0.6) is 0 Å². The molecule has 0 bridgehead atoms. The van der Waals surface area contributed by atoms with E-state index in [1.807, 2.05) is 20.8 Å². The molecule has 1 aliphatic rings. The summed E-state index contributed by atoms with van der Waals surface area (Å²) in [6, 6.07) is 0.237. The molecule has 5 heteroatoms. The fourth-order valence-electron chi connectivity index (χ4n) is 2.68. The van der Waals surface area contributed by atoms with Crippen molar-refractivity contribution in [1.82, 2.24) is 10.1 Å². The average Bonchev–Trinajstić information content (AvgIpc) is 2.87. The molecule has 0 spiro atoms. The van der Waals surface area contributed by atoms with Gasteiger partial charge < -0.3 is 9.26 Å². The van der Waals surface area contributed by atoms with Crippen molar-refractivity contribution in [3.63, 3.8) is 0 Å². The van der Waals surface area contributed by atoms with Gasteiger partial charge in [0.25, 0.3) is 0 Å². The largest absolute Gasteiger partial charge is 0.465 e. The lowest BCUT2D eigenvalue weighted by Gasteiger charge is -2.23. The Morgan fingerprint density at radius 3 is 2.94 bits per heavy atom. The highest BCUT2D eigenvalue weighted by atomic mass is 16.5. The van der Waals surface area contributed by atoms with Crippen LogP contribution in [-0.4, -0.2) is 35.7 Å². The number of likely N-dealkylation sites (tertiary alicyclic amines) is 1. The van der Waals surface area contributed by atoms with Crippen molar-refractivity contribution in [2.45, 2.75) is 39.7 Å². The Morgan fingerprint density at radius 1 is 1.56 bits per heavy atom. The molecule has 100 valence electrons. The molecule has 0 N–H and O–H groups in total. The van der Waals surface area contributed by atoms with E-state index in [2.05, 4.69) is 10.1 Å². The highest BCUT2D eigenvalue weighted by Gasteiger charge is 2.31. The third-order valence-electron chi connectivity index (χ3n) is 3.42. The average molecular weight is 252 g/mol. The first-order chi connectivity index (χ1) is 8.63. The molecule has 1 aromatic rings. The Kier molecular flexibility index (Phi) is 4.01. The maximum absolute atomic E-state index is 11.6. The van der Waals surface area contributed by atoms with E-state index >= 15 is 0 Å². The number of rotatable bonds is 4. The molecule has 0 aliphatic carbocycles. The third-order valence-corrected chi connectivity index (χ3v) is 3.42. The number of carbonyl (C=O) groups is 1. The monoisotopic (exact) mass is 252 g/mol. The smallest absolute Gasteiger partial charge is 0.320 e. The van der Waals surface area contributed by atoms with Crippen LogP contribution in [0.15, 0.2) is 4.52 Å². The van der Waals surface area contributed by atoms with E-state index in [9.17, 15) is 4.79 Å². The minimum Gasteiger partial charge on any atom is -0.465 e. The van der Waals surface area contributed by atoms with E-state index in [-0.39, 0.29) is 12.0 Å². The van der Waals surface area contributed by atoms with Crippen LogP contribution in [0.4, 0.5) is 0 Å². The topological polar surface area (TPSA) is 55.6 Å². The van der Waals surface area contributed by atoms with Crippen molar-refractivity contribution in [3.05, 3.63) is 17.0 Å². The Morgan fingerprint density at radius 2 is 2.33 bits per heavy atom. The maximum Gasteiger partial charge on any atom is 0.320 e. The lowest BCUT2D eigenvalue weighted by molar-refractivity contribution is -0.144. The fraction of sp³-hybridized carbons (Fsp3) is 0.692. The third kappa shape index (κ3) is 2.56. The molecule has 18 heavy (non-hydrogen) atoms. The summed E-state index contributed by atoms with van der Waals surface area (Å²) in [7, 11) is 0. The lowest BCUT2D eigenvalue weighted by atomic mass is 10.0. The van der Waals surface area contributed by atoms with Gasteiger partial charge in [0.1, 0.15) is 5.76 Å². The van der Waals surface area contributed by atoms with E-state index in [1.54, 1.807) is 0 Å². The van der Waals surface area contributed by atoms with Crippen LogP contribution < -0.4 is 0 Å². The van der Waals surface area contributed by atoms with Crippen LogP contribution in [-0.2, 0) is 9.53 Å². The first kappa shape index (κ1) is 13.1. The van der Waals surface area contributed by atoms with Crippen molar-refractivity contribution in [1.29, 1.82) is 0 Å². The number of esters is 1. The highest BCUT2D eigenvalue weighted by molar-refractivity contribution is 5.71. The van der Waals surface area contributed by atoms with Gasteiger partial charge in [-0.1, -0.05) is 5.16 Å². The Balaban J connectivity index is 2.10. The van der Waals surface area contributed by atoms with E-state index in [0.717, 1.165) is 36.4 Å². The SMILES string of the molecule is CCOC(=O)CN1CCC[C@H]1c1c(C)noc1C. The summed E-state index contributed by atoms with van der Waals surface area (Å²) >= 11 is 0. The van der Waals surface area contributed by atoms with Gasteiger partial charge in [-0.25, -0.2) is 0 Å². The summed E-state index contributed by atoms with van der Waals surface area (Å²) in [5.41, 5.74) is 2.06. The van der Waals surface area contributed by atoms with E-state index < -0.39 is 0 Å². The Bertz CT molecular complexity index is 408. The normalized spacial score (nSPS) is 20.3. The van der Waals surface area contributed by atoms with Gasteiger partial charge in [-0.05, 0) is 40.2 Å². The minimum absolute atomic E-state index is 0.156. The van der Waals surface area contributed by atoms with Crippen molar-refractivity contribution >= 4 is 5.97 Å². The van der Waals surface area contributed by atoms with Gasteiger partial charge in [-0.3, -0.25) is 9.69 Å². The number of hydrogen-bond donors (Lipinski definition) is 0. The van der Waals surface area contributed by atoms with Crippen LogP contribution in [0.2, 0.25) is 0 Å². The predicted molar refractivity (Wildman–Crippen MR) is 66.2 cm³/mol. The molecule has 0 aromatic carbocycles. The number of nitrogens with zero attached hydrogens (tertiary/aromatic N) is 2. The molecular formula is C13H20N2O3. The maximum atomic E-state index is 11.6. The second-order valence-electron chi connectivity index (χ2n) is 4.67. The van der Waals surface area contributed by atoms with Crippen LogP contribution in [0.25, 0.3) is 0 Å². The van der Waals surface area contributed by atoms with E-state index in [1.165, 1.54) is 0 Å². The lowest BCUT2D eigenvalue weighted by Crippen LogP contribution is -2.31. The molecule has 1 aromatic heterocycles. The quantitative estimate of drug-likeness (QED) is 0.767. The molecule has 1 fully saturated rings. The molecule has 2 heterocycles. The second-order valence-corrected chi connectivity index (χ2v) is 4.67. The van der Waals surface area contributed by atoms with Crippen LogP contribution in [0.3, 0.4) is 0 Å². The summed E-state index contributed by atoms with van der Waals surface area (Å²) in [5, 5.41) is 3.99. The zero-order valence-electron chi connectivity index (χ0n) is 11.2. The van der Waals surface area contributed by atoms with E-state index in [0.29, 0.717) is 13.2 Å². The van der Waals surface area contributed by atoms with Gasteiger partial charge in [0.2, 0.25) is 0 Å². The van der Waals surface area contributed by atoms with E-state index in [4.69, 9.17) is 9.26 Å². The summed E-state index contributed by atoms with van der Waals surface area (Å²) < 4.78 is 10.2.